The Morgan fingerprint density at radius 2 is 1.88 bits per heavy atom. The first kappa shape index (κ1) is 22.1. The van der Waals surface area contributed by atoms with Crippen molar-refractivity contribution in [2.45, 2.75) is 25.9 Å². The molecule has 0 radical (unpaired) electrons. The van der Waals surface area contributed by atoms with Crippen LogP contribution in [0.2, 0.25) is 0 Å². The molecule has 0 aliphatic heterocycles. The van der Waals surface area contributed by atoms with Crippen molar-refractivity contribution in [2.24, 2.45) is 0 Å². The summed E-state index contributed by atoms with van der Waals surface area (Å²) in [5.74, 6) is 0.495. The van der Waals surface area contributed by atoms with Crippen LogP contribution in [-0.4, -0.2) is 28.3 Å². The Balaban J connectivity index is 1.66. The highest BCUT2D eigenvalue weighted by molar-refractivity contribution is 7.99. The van der Waals surface area contributed by atoms with Gasteiger partial charge in [0.25, 0.3) is 5.56 Å². The SMILES string of the molecule is COc1ccc(C)cc1NC(=O)CSc1nc2ccsc2c(=O)n1-c1ccc(C)cc1C. The highest BCUT2D eigenvalue weighted by atomic mass is 32.2. The number of carbonyl (C=O) groups excluding carboxylic acids is 1. The maximum Gasteiger partial charge on any atom is 0.276 e. The number of methoxy groups -OCH3 is 1. The molecule has 0 saturated carbocycles. The lowest BCUT2D eigenvalue weighted by molar-refractivity contribution is -0.113. The van der Waals surface area contributed by atoms with Gasteiger partial charge in [-0.3, -0.25) is 14.2 Å². The van der Waals surface area contributed by atoms with E-state index in [9.17, 15) is 9.59 Å². The van der Waals surface area contributed by atoms with Gasteiger partial charge in [0.05, 0.1) is 29.8 Å². The number of fused-ring (bicyclic) bond motifs is 1. The van der Waals surface area contributed by atoms with Crippen LogP contribution in [0.3, 0.4) is 0 Å². The van der Waals surface area contributed by atoms with Crippen LogP contribution in [0.5, 0.6) is 5.75 Å². The average Bonchev–Trinajstić information content (AvgIpc) is 3.22. The van der Waals surface area contributed by atoms with Gasteiger partial charge in [-0.05, 0) is 61.5 Å². The van der Waals surface area contributed by atoms with Crippen LogP contribution in [0.1, 0.15) is 16.7 Å². The zero-order valence-electron chi connectivity index (χ0n) is 18.3. The van der Waals surface area contributed by atoms with Crippen molar-refractivity contribution >= 4 is 44.9 Å². The zero-order valence-corrected chi connectivity index (χ0v) is 19.9. The number of aryl methyl sites for hydroxylation is 3. The Kier molecular flexibility index (Phi) is 6.34. The summed E-state index contributed by atoms with van der Waals surface area (Å²) in [6.45, 7) is 5.94. The molecule has 2 aromatic heterocycles. The van der Waals surface area contributed by atoms with Crippen molar-refractivity contribution < 1.29 is 9.53 Å². The van der Waals surface area contributed by atoms with Gasteiger partial charge in [0.2, 0.25) is 5.91 Å². The molecule has 6 nitrogen and oxygen atoms in total. The Labute approximate surface area is 194 Å². The number of thiophene rings is 1. The Hall–Kier alpha value is -3.10. The van der Waals surface area contributed by atoms with E-state index in [4.69, 9.17) is 9.72 Å². The number of nitrogens with one attached hydrogen (secondary N) is 1. The molecule has 0 bridgehead atoms. The smallest absolute Gasteiger partial charge is 0.276 e. The predicted octanol–water partition coefficient (Wildman–Crippen LogP) is 5.11. The molecular formula is C24H23N3O3S2. The molecule has 2 heterocycles. The molecule has 8 heteroatoms. The van der Waals surface area contributed by atoms with E-state index in [1.165, 1.54) is 23.1 Å². The van der Waals surface area contributed by atoms with Crippen LogP contribution in [0.25, 0.3) is 15.9 Å². The Morgan fingerprint density at radius 3 is 2.62 bits per heavy atom. The second-order valence-electron chi connectivity index (χ2n) is 7.50. The first-order valence-electron chi connectivity index (χ1n) is 10.0. The lowest BCUT2D eigenvalue weighted by atomic mass is 10.1. The molecule has 4 rings (SSSR count). The van der Waals surface area contributed by atoms with E-state index in [-0.39, 0.29) is 17.2 Å². The number of ether oxygens (including phenoxy) is 1. The minimum absolute atomic E-state index is 0.101. The molecule has 164 valence electrons. The van der Waals surface area contributed by atoms with Gasteiger partial charge in [0.1, 0.15) is 10.4 Å². The first-order chi connectivity index (χ1) is 15.4. The molecule has 0 spiro atoms. The average molecular weight is 466 g/mol. The monoisotopic (exact) mass is 465 g/mol. The fourth-order valence-electron chi connectivity index (χ4n) is 3.49. The van der Waals surface area contributed by atoms with Crippen LogP contribution in [0.15, 0.2) is 57.8 Å². The number of hydrogen-bond acceptors (Lipinski definition) is 6. The van der Waals surface area contributed by atoms with Crippen LogP contribution in [-0.2, 0) is 4.79 Å². The largest absolute Gasteiger partial charge is 0.495 e. The van der Waals surface area contributed by atoms with Gasteiger partial charge in [0.15, 0.2) is 5.16 Å². The van der Waals surface area contributed by atoms with E-state index in [1.54, 1.807) is 11.7 Å². The van der Waals surface area contributed by atoms with E-state index >= 15 is 0 Å². The van der Waals surface area contributed by atoms with Crippen molar-refractivity contribution in [3.05, 3.63) is 74.9 Å². The van der Waals surface area contributed by atoms with Crippen molar-refractivity contribution in [1.82, 2.24) is 9.55 Å². The fourth-order valence-corrected chi connectivity index (χ4v) is 5.06. The molecule has 32 heavy (non-hydrogen) atoms. The number of anilines is 1. The van der Waals surface area contributed by atoms with Crippen LogP contribution in [0.4, 0.5) is 5.69 Å². The molecule has 1 amide bonds. The quantitative estimate of drug-likeness (QED) is 0.316. The van der Waals surface area contributed by atoms with E-state index in [0.29, 0.717) is 26.8 Å². The van der Waals surface area contributed by atoms with E-state index < -0.39 is 0 Å². The molecule has 1 N–H and O–H groups in total. The highest BCUT2D eigenvalue weighted by Gasteiger charge is 2.17. The van der Waals surface area contributed by atoms with E-state index in [2.05, 4.69) is 5.32 Å². The van der Waals surface area contributed by atoms with E-state index in [1.807, 2.05) is 68.6 Å². The third kappa shape index (κ3) is 4.42. The molecule has 2 aromatic carbocycles. The standard InChI is InChI=1S/C24H23N3O3S2/c1-14-5-7-19(16(3)11-14)27-23(29)22-17(9-10-31-22)26-24(27)32-13-21(28)25-18-12-15(2)6-8-20(18)30-4/h5-12H,13H2,1-4H3,(H,25,28). The molecule has 0 atom stereocenters. The summed E-state index contributed by atoms with van der Waals surface area (Å²) in [6, 6.07) is 13.4. The van der Waals surface area contributed by atoms with Crippen molar-refractivity contribution in [1.29, 1.82) is 0 Å². The maximum atomic E-state index is 13.3. The van der Waals surface area contributed by atoms with Gasteiger partial charge < -0.3 is 10.1 Å². The normalized spacial score (nSPS) is 11.0. The third-order valence-electron chi connectivity index (χ3n) is 5.00. The van der Waals surface area contributed by atoms with Gasteiger partial charge >= 0.3 is 0 Å². The van der Waals surface area contributed by atoms with Crippen LogP contribution in [0, 0.1) is 20.8 Å². The number of aromatic nitrogens is 2. The van der Waals surface area contributed by atoms with E-state index in [0.717, 1.165) is 22.4 Å². The number of thioether (sulfide) groups is 1. The second-order valence-corrected chi connectivity index (χ2v) is 9.36. The lowest BCUT2D eigenvalue weighted by Gasteiger charge is -2.15. The summed E-state index contributed by atoms with van der Waals surface area (Å²) >= 11 is 2.61. The first-order valence-corrected chi connectivity index (χ1v) is 11.9. The minimum atomic E-state index is -0.203. The maximum absolute atomic E-state index is 13.3. The van der Waals surface area contributed by atoms with Gasteiger partial charge in [-0.25, -0.2) is 4.98 Å². The van der Waals surface area contributed by atoms with Gasteiger partial charge in [-0.1, -0.05) is 35.5 Å². The van der Waals surface area contributed by atoms with Crippen LogP contribution >= 0.6 is 23.1 Å². The van der Waals surface area contributed by atoms with Gasteiger partial charge in [-0.2, -0.15) is 0 Å². The number of rotatable bonds is 6. The van der Waals surface area contributed by atoms with Crippen molar-refractivity contribution in [2.75, 3.05) is 18.2 Å². The molecule has 0 aliphatic carbocycles. The topological polar surface area (TPSA) is 73.2 Å². The third-order valence-corrected chi connectivity index (χ3v) is 6.83. The second kappa shape index (κ2) is 9.18. The Bertz CT molecular complexity index is 1370. The summed E-state index contributed by atoms with van der Waals surface area (Å²) in [5, 5.41) is 5.24. The molecule has 0 unspecified atom stereocenters. The van der Waals surface area contributed by atoms with Gasteiger partial charge in [-0.15, -0.1) is 11.3 Å². The number of nitrogens with zero attached hydrogens (tertiary/aromatic N) is 2. The number of carbonyl (C=O) groups is 1. The molecular weight excluding hydrogens is 442 g/mol. The molecule has 0 fully saturated rings. The summed E-state index contributed by atoms with van der Waals surface area (Å²) in [4.78, 5) is 30.7. The summed E-state index contributed by atoms with van der Waals surface area (Å²) in [7, 11) is 1.57. The summed E-state index contributed by atoms with van der Waals surface area (Å²) in [6.07, 6.45) is 0. The van der Waals surface area contributed by atoms with Crippen molar-refractivity contribution in [3.63, 3.8) is 0 Å². The zero-order chi connectivity index (χ0) is 22.8. The number of amides is 1. The van der Waals surface area contributed by atoms with Crippen molar-refractivity contribution in [3.8, 4) is 11.4 Å². The number of benzene rings is 2. The molecule has 4 aromatic rings. The predicted molar refractivity (Wildman–Crippen MR) is 132 cm³/mol. The summed E-state index contributed by atoms with van der Waals surface area (Å²) in [5.41, 5.74) is 5.01. The number of hydrogen-bond donors (Lipinski definition) is 1. The van der Waals surface area contributed by atoms with Gasteiger partial charge in [0, 0.05) is 0 Å². The lowest BCUT2D eigenvalue weighted by Crippen LogP contribution is -2.23. The molecule has 0 saturated heterocycles. The summed E-state index contributed by atoms with van der Waals surface area (Å²) < 4.78 is 7.55. The van der Waals surface area contributed by atoms with Crippen LogP contribution < -0.4 is 15.6 Å². The highest BCUT2D eigenvalue weighted by Crippen LogP contribution is 2.28. The fraction of sp³-hybridized carbons (Fsp3) is 0.208. The Morgan fingerprint density at radius 1 is 1.12 bits per heavy atom. The molecule has 0 aliphatic rings. The minimum Gasteiger partial charge on any atom is -0.495 e.